The lowest BCUT2D eigenvalue weighted by Crippen LogP contribution is -2.35. The van der Waals surface area contributed by atoms with E-state index in [4.69, 9.17) is 9.47 Å². The van der Waals surface area contributed by atoms with Crippen LogP contribution in [0, 0.1) is 5.92 Å². The lowest BCUT2D eigenvalue weighted by molar-refractivity contribution is -0.135. The summed E-state index contributed by atoms with van der Waals surface area (Å²) in [5.41, 5.74) is 1.41. The molecule has 8 heteroatoms. The highest BCUT2D eigenvalue weighted by atomic mass is 32.2. The predicted octanol–water partition coefficient (Wildman–Crippen LogP) is 3.94. The van der Waals surface area contributed by atoms with E-state index >= 15 is 0 Å². The van der Waals surface area contributed by atoms with Crippen LogP contribution in [0.2, 0.25) is 0 Å². The highest BCUT2D eigenvalue weighted by Crippen LogP contribution is 2.34. The maximum Gasteiger partial charge on any atom is 0.314 e. The molecule has 1 saturated heterocycles. The van der Waals surface area contributed by atoms with Crippen LogP contribution in [0.5, 0.6) is 11.5 Å². The van der Waals surface area contributed by atoms with E-state index < -0.39 is 10.0 Å². The van der Waals surface area contributed by atoms with Gasteiger partial charge >= 0.3 is 5.97 Å². The molecule has 31 heavy (non-hydrogen) atoms. The number of hydrogen-bond acceptors (Lipinski definition) is 6. The summed E-state index contributed by atoms with van der Waals surface area (Å²) in [6.07, 6.45) is 6.30. The molecule has 1 heterocycles. The minimum atomic E-state index is -3.45. The molecular formula is C23H26N2O5S. The number of carbonyl (C=O) groups is 1. The zero-order valence-corrected chi connectivity index (χ0v) is 18.3. The molecule has 0 unspecified atom stereocenters. The monoisotopic (exact) mass is 442 g/mol. The van der Waals surface area contributed by atoms with E-state index in [1.54, 1.807) is 53.0 Å². The Labute approximate surface area is 182 Å². The second kappa shape index (κ2) is 9.20. The number of nitrogens with zero attached hydrogens (tertiary/aromatic N) is 2. The molecule has 2 aromatic carbocycles. The molecule has 1 aliphatic carbocycles. The normalized spacial score (nSPS) is 17.6. The van der Waals surface area contributed by atoms with Crippen LogP contribution in [-0.4, -0.2) is 45.1 Å². The van der Waals surface area contributed by atoms with Crippen molar-refractivity contribution in [3.05, 3.63) is 48.0 Å². The topological polar surface area (TPSA) is 85.3 Å². The summed E-state index contributed by atoms with van der Waals surface area (Å²) in [6.45, 7) is 1.16. The Morgan fingerprint density at radius 3 is 2.39 bits per heavy atom. The van der Waals surface area contributed by atoms with Crippen molar-refractivity contribution < 1.29 is 22.7 Å². The number of ether oxygens (including phenoxy) is 2. The maximum absolute atomic E-state index is 12.7. The zero-order valence-electron chi connectivity index (χ0n) is 17.5. The molecule has 0 spiro atoms. The first-order chi connectivity index (χ1) is 15.0. The summed E-state index contributed by atoms with van der Waals surface area (Å²) >= 11 is 0. The van der Waals surface area contributed by atoms with Gasteiger partial charge in [-0.2, -0.15) is 4.31 Å². The van der Waals surface area contributed by atoms with Gasteiger partial charge in [-0.15, -0.1) is 0 Å². The smallest absolute Gasteiger partial charge is 0.314 e. The Morgan fingerprint density at radius 1 is 1.03 bits per heavy atom. The van der Waals surface area contributed by atoms with Crippen LogP contribution in [0.25, 0.3) is 0 Å². The minimum absolute atomic E-state index is 0.00708. The van der Waals surface area contributed by atoms with E-state index in [0.29, 0.717) is 30.3 Å². The van der Waals surface area contributed by atoms with Gasteiger partial charge in [0.25, 0.3) is 0 Å². The van der Waals surface area contributed by atoms with E-state index in [9.17, 15) is 13.2 Å². The van der Waals surface area contributed by atoms with Gasteiger partial charge < -0.3 is 9.47 Å². The second-order valence-corrected chi connectivity index (χ2v) is 9.76. The number of piperidine rings is 1. The van der Waals surface area contributed by atoms with Gasteiger partial charge in [-0.1, -0.05) is 6.42 Å². The van der Waals surface area contributed by atoms with Gasteiger partial charge in [0.1, 0.15) is 0 Å². The van der Waals surface area contributed by atoms with Crippen molar-refractivity contribution in [3.8, 4) is 11.5 Å². The Bertz CT molecular complexity index is 1070. The molecule has 0 aromatic heterocycles. The third-order valence-electron chi connectivity index (χ3n) is 5.46. The average Bonchev–Trinajstić information content (AvgIpc) is 3.65. The molecule has 0 N–H and O–H groups in total. The molecule has 0 amide bonds. The lowest BCUT2D eigenvalue weighted by Gasteiger charge is -2.25. The van der Waals surface area contributed by atoms with Crippen molar-refractivity contribution in [2.45, 2.75) is 37.0 Å². The summed E-state index contributed by atoms with van der Waals surface area (Å²) in [7, 11) is -1.93. The van der Waals surface area contributed by atoms with Gasteiger partial charge in [-0.25, -0.2) is 8.42 Å². The number of carbonyl (C=O) groups excluding carboxylic acids is 1. The third-order valence-corrected chi connectivity index (χ3v) is 7.37. The van der Waals surface area contributed by atoms with Crippen LogP contribution < -0.4 is 9.47 Å². The first-order valence-electron chi connectivity index (χ1n) is 10.5. The van der Waals surface area contributed by atoms with Crippen LogP contribution in [-0.2, 0) is 14.8 Å². The molecule has 0 atom stereocenters. The summed E-state index contributed by atoms with van der Waals surface area (Å²) in [6, 6.07) is 11.8. The molecule has 2 aromatic rings. The van der Waals surface area contributed by atoms with Crippen molar-refractivity contribution in [3.63, 3.8) is 0 Å². The summed E-state index contributed by atoms with van der Waals surface area (Å²) < 4.78 is 37.8. The summed E-state index contributed by atoms with van der Waals surface area (Å²) in [5.74, 6) is 0.636. The molecular weight excluding hydrogens is 416 g/mol. The Hall–Kier alpha value is -2.71. The molecule has 1 saturated carbocycles. The van der Waals surface area contributed by atoms with Crippen molar-refractivity contribution in [2.75, 3.05) is 20.2 Å². The van der Waals surface area contributed by atoms with Gasteiger partial charge in [-0.3, -0.25) is 9.79 Å². The quantitative estimate of drug-likeness (QED) is 0.368. The van der Waals surface area contributed by atoms with Gasteiger partial charge in [0, 0.05) is 19.3 Å². The standard InChI is InChI=1S/C23H26N2O5S/c1-29-22-15-17(5-12-21(22)30-23(26)18-6-7-18)16-24-19-8-10-20(11-9-19)31(27,28)25-13-3-2-4-14-25/h5,8-12,15-16,18H,2-4,6-7,13-14H2,1H3. The van der Waals surface area contributed by atoms with E-state index in [-0.39, 0.29) is 16.8 Å². The number of sulfonamides is 1. The van der Waals surface area contributed by atoms with E-state index in [0.717, 1.165) is 37.7 Å². The number of aliphatic imine (C=N–C) groups is 1. The third kappa shape index (κ3) is 5.14. The van der Waals surface area contributed by atoms with Crippen molar-refractivity contribution in [1.82, 2.24) is 4.31 Å². The Balaban J connectivity index is 1.45. The minimum Gasteiger partial charge on any atom is -0.493 e. The molecule has 2 fully saturated rings. The highest BCUT2D eigenvalue weighted by Gasteiger charge is 2.32. The predicted molar refractivity (Wildman–Crippen MR) is 118 cm³/mol. The number of methoxy groups -OCH3 is 1. The SMILES string of the molecule is COc1cc(C=Nc2ccc(S(=O)(=O)N3CCCCC3)cc2)ccc1OC(=O)C1CC1. The summed E-state index contributed by atoms with van der Waals surface area (Å²) in [4.78, 5) is 16.6. The molecule has 2 aliphatic rings. The van der Waals surface area contributed by atoms with Crippen LogP contribution in [0.4, 0.5) is 5.69 Å². The highest BCUT2D eigenvalue weighted by molar-refractivity contribution is 7.89. The number of hydrogen-bond donors (Lipinski definition) is 0. The Kier molecular flexibility index (Phi) is 6.38. The number of benzene rings is 2. The molecule has 0 radical (unpaired) electrons. The lowest BCUT2D eigenvalue weighted by atomic mass is 10.2. The fraction of sp³-hybridized carbons (Fsp3) is 0.391. The van der Waals surface area contributed by atoms with Gasteiger partial charge in [0.15, 0.2) is 11.5 Å². The first kappa shape index (κ1) is 21.5. The van der Waals surface area contributed by atoms with Crippen LogP contribution in [0.3, 0.4) is 0 Å². The van der Waals surface area contributed by atoms with E-state index in [1.165, 1.54) is 7.11 Å². The molecule has 164 valence electrons. The summed E-state index contributed by atoms with van der Waals surface area (Å²) in [5, 5.41) is 0. The van der Waals surface area contributed by atoms with E-state index in [2.05, 4.69) is 4.99 Å². The molecule has 0 bridgehead atoms. The van der Waals surface area contributed by atoms with Crippen LogP contribution >= 0.6 is 0 Å². The Morgan fingerprint density at radius 2 is 1.74 bits per heavy atom. The van der Waals surface area contributed by atoms with Crippen LogP contribution in [0.1, 0.15) is 37.7 Å². The maximum atomic E-state index is 12.7. The molecule has 4 rings (SSSR count). The molecule has 1 aliphatic heterocycles. The van der Waals surface area contributed by atoms with Gasteiger partial charge in [0.2, 0.25) is 10.0 Å². The fourth-order valence-electron chi connectivity index (χ4n) is 3.47. The van der Waals surface area contributed by atoms with Crippen molar-refractivity contribution in [1.29, 1.82) is 0 Å². The van der Waals surface area contributed by atoms with Crippen LogP contribution in [0.15, 0.2) is 52.4 Å². The van der Waals surface area contributed by atoms with E-state index in [1.807, 2.05) is 0 Å². The van der Waals surface area contributed by atoms with Crippen molar-refractivity contribution >= 4 is 27.9 Å². The zero-order chi connectivity index (χ0) is 21.8. The number of esters is 1. The number of rotatable bonds is 7. The molecule has 7 nitrogen and oxygen atoms in total. The largest absolute Gasteiger partial charge is 0.493 e. The average molecular weight is 443 g/mol. The second-order valence-electron chi connectivity index (χ2n) is 7.82. The van der Waals surface area contributed by atoms with Gasteiger partial charge in [-0.05, 0) is 73.7 Å². The first-order valence-corrected chi connectivity index (χ1v) is 12.0. The fourth-order valence-corrected chi connectivity index (χ4v) is 4.98. The van der Waals surface area contributed by atoms with Gasteiger partial charge in [0.05, 0.1) is 23.6 Å². The van der Waals surface area contributed by atoms with Crippen molar-refractivity contribution in [2.24, 2.45) is 10.9 Å².